The van der Waals surface area contributed by atoms with Crippen LogP contribution >= 0.6 is 0 Å². The zero-order valence-electron chi connectivity index (χ0n) is 8.47. The summed E-state index contributed by atoms with van der Waals surface area (Å²) in [6.07, 6.45) is 5.29. The molecular weight excluding hydrogens is 164 g/mol. The van der Waals surface area contributed by atoms with Gasteiger partial charge in [-0.15, -0.1) is 0 Å². The number of hydrogen-bond acceptors (Lipinski definition) is 2. The number of methoxy groups -OCH3 is 1. The molecule has 0 heterocycles. The van der Waals surface area contributed by atoms with Crippen LogP contribution in [-0.2, 0) is 4.74 Å². The molecule has 0 aromatic heterocycles. The molecule has 2 heteroatoms. The van der Waals surface area contributed by atoms with Gasteiger partial charge in [0.25, 0.3) is 0 Å². The molecule has 0 aromatic carbocycles. The van der Waals surface area contributed by atoms with E-state index in [0.29, 0.717) is 5.41 Å². The molecule has 1 fully saturated rings. The molecule has 0 saturated heterocycles. The predicted octanol–water partition coefficient (Wildman–Crippen LogP) is 2.23. The van der Waals surface area contributed by atoms with Gasteiger partial charge in [0.2, 0.25) is 0 Å². The summed E-state index contributed by atoms with van der Waals surface area (Å²) in [7, 11) is 1.68. The number of aliphatic hydroxyl groups is 1. The van der Waals surface area contributed by atoms with Crippen LogP contribution in [0.15, 0.2) is 11.3 Å². The van der Waals surface area contributed by atoms with Crippen LogP contribution in [0.3, 0.4) is 0 Å². The summed E-state index contributed by atoms with van der Waals surface area (Å²) in [4.78, 5) is 0. The smallest absolute Gasteiger partial charge is 0.124 e. The first-order valence-electron chi connectivity index (χ1n) is 5.13. The molecule has 0 unspecified atom stereocenters. The molecule has 0 aromatic rings. The average molecular weight is 182 g/mol. The fraction of sp³-hybridized carbons (Fsp3) is 0.818. The Balaban J connectivity index is 2.39. The van der Waals surface area contributed by atoms with Gasteiger partial charge < -0.3 is 9.84 Å². The van der Waals surface area contributed by atoms with Gasteiger partial charge in [0.15, 0.2) is 0 Å². The van der Waals surface area contributed by atoms with Gasteiger partial charge in [-0.25, -0.2) is 0 Å². The monoisotopic (exact) mass is 182 g/mol. The molecule has 2 aliphatic rings. The molecule has 0 aliphatic heterocycles. The molecule has 74 valence electrons. The first-order chi connectivity index (χ1) is 6.17. The maximum Gasteiger partial charge on any atom is 0.124 e. The number of aliphatic hydroxyl groups excluding tert-OH is 1. The van der Waals surface area contributed by atoms with E-state index in [-0.39, 0.29) is 6.10 Å². The molecular formula is C11H18O2. The van der Waals surface area contributed by atoms with Crippen molar-refractivity contribution in [3.05, 3.63) is 11.3 Å². The highest BCUT2D eigenvalue weighted by molar-refractivity contribution is 5.26. The van der Waals surface area contributed by atoms with E-state index in [1.807, 2.05) is 0 Å². The molecule has 0 bridgehead atoms. The Morgan fingerprint density at radius 3 is 2.92 bits per heavy atom. The number of rotatable bonds is 1. The zero-order chi connectivity index (χ0) is 9.47. The summed E-state index contributed by atoms with van der Waals surface area (Å²) < 4.78 is 5.31. The van der Waals surface area contributed by atoms with E-state index in [1.165, 1.54) is 18.4 Å². The normalized spacial score (nSPS) is 39.2. The average Bonchev–Trinajstić information content (AvgIpc) is 2.48. The van der Waals surface area contributed by atoms with Crippen LogP contribution in [0, 0.1) is 5.41 Å². The second-order valence-electron chi connectivity index (χ2n) is 4.52. The van der Waals surface area contributed by atoms with E-state index < -0.39 is 0 Å². The summed E-state index contributed by atoms with van der Waals surface area (Å²) in [5.41, 5.74) is 1.72. The zero-order valence-corrected chi connectivity index (χ0v) is 8.47. The van der Waals surface area contributed by atoms with Gasteiger partial charge in [-0.2, -0.15) is 0 Å². The fourth-order valence-electron chi connectivity index (χ4n) is 2.85. The quantitative estimate of drug-likeness (QED) is 0.674. The maximum atomic E-state index is 9.75. The van der Waals surface area contributed by atoms with Crippen LogP contribution < -0.4 is 0 Å². The van der Waals surface area contributed by atoms with Crippen molar-refractivity contribution in [2.24, 2.45) is 5.41 Å². The van der Waals surface area contributed by atoms with Crippen LogP contribution in [0.5, 0.6) is 0 Å². The van der Waals surface area contributed by atoms with Gasteiger partial charge in [-0.05, 0) is 43.1 Å². The molecule has 0 amide bonds. The Labute approximate surface area is 79.6 Å². The molecule has 0 spiro atoms. The Morgan fingerprint density at radius 1 is 1.46 bits per heavy atom. The minimum atomic E-state index is -0.342. The van der Waals surface area contributed by atoms with Crippen LogP contribution in [0.25, 0.3) is 0 Å². The van der Waals surface area contributed by atoms with Gasteiger partial charge >= 0.3 is 0 Å². The van der Waals surface area contributed by atoms with E-state index in [9.17, 15) is 5.11 Å². The molecule has 0 radical (unpaired) electrons. The summed E-state index contributed by atoms with van der Waals surface area (Å²) in [6.45, 7) is 2.31. The number of hydrogen-bond donors (Lipinski definition) is 1. The van der Waals surface area contributed by atoms with Crippen molar-refractivity contribution in [1.29, 1.82) is 0 Å². The van der Waals surface area contributed by atoms with E-state index in [2.05, 4.69) is 6.92 Å². The maximum absolute atomic E-state index is 9.75. The van der Waals surface area contributed by atoms with E-state index in [1.54, 1.807) is 7.11 Å². The highest BCUT2D eigenvalue weighted by Crippen LogP contribution is 2.51. The highest BCUT2D eigenvalue weighted by atomic mass is 16.5. The largest absolute Gasteiger partial charge is 0.498 e. The molecule has 2 atom stereocenters. The molecule has 1 saturated carbocycles. The number of ether oxygens (including phenoxy) is 1. The Hall–Kier alpha value is -0.500. The number of allylic oxidation sites excluding steroid dienone is 1. The lowest BCUT2D eigenvalue weighted by molar-refractivity contribution is 0.0865. The van der Waals surface area contributed by atoms with Crippen molar-refractivity contribution in [2.75, 3.05) is 7.11 Å². The SMILES string of the molecule is COC1=C2CCC[C@]2(C)CC[C@@H]1O. The van der Waals surface area contributed by atoms with Crippen molar-refractivity contribution in [1.82, 2.24) is 0 Å². The van der Waals surface area contributed by atoms with Crippen molar-refractivity contribution in [2.45, 2.75) is 45.1 Å². The van der Waals surface area contributed by atoms with Crippen molar-refractivity contribution >= 4 is 0 Å². The van der Waals surface area contributed by atoms with Crippen molar-refractivity contribution in [3.63, 3.8) is 0 Å². The summed E-state index contributed by atoms with van der Waals surface area (Å²) in [5.74, 6) is 0.867. The van der Waals surface area contributed by atoms with E-state index >= 15 is 0 Å². The highest BCUT2D eigenvalue weighted by Gasteiger charge is 2.41. The molecule has 2 rings (SSSR count). The topological polar surface area (TPSA) is 29.5 Å². The van der Waals surface area contributed by atoms with E-state index in [4.69, 9.17) is 4.74 Å². The predicted molar refractivity (Wildman–Crippen MR) is 51.2 cm³/mol. The number of fused-ring (bicyclic) bond motifs is 1. The van der Waals surface area contributed by atoms with Crippen molar-refractivity contribution < 1.29 is 9.84 Å². The van der Waals surface area contributed by atoms with E-state index in [0.717, 1.165) is 25.0 Å². The lowest BCUT2D eigenvalue weighted by Gasteiger charge is -2.34. The van der Waals surface area contributed by atoms with Crippen LogP contribution in [0.4, 0.5) is 0 Å². The summed E-state index contributed by atoms with van der Waals surface area (Å²) in [6, 6.07) is 0. The van der Waals surface area contributed by atoms with Crippen molar-refractivity contribution in [3.8, 4) is 0 Å². The minimum absolute atomic E-state index is 0.338. The fourth-order valence-corrected chi connectivity index (χ4v) is 2.85. The van der Waals surface area contributed by atoms with Crippen LogP contribution in [0.1, 0.15) is 39.0 Å². The second kappa shape index (κ2) is 3.02. The third-order valence-electron chi connectivity index (χ3n) is 3.67. The Kier molecular flexibility index (Phi) is 2.11. The first-order valence-corrected chi connectivity index (χ1v) is 5.13. The molecule has 13 heavy (non-hydrogen) atoms. The van der Waals surface area contributed by atoms with Gasteiger partial charge in [-0.3, -0.25) is 0 Å². The van der Waals surface area contributed by atoms with Gasteiger partial charge in [0, 0.05) is 0 Å². The third kappa shape index (κ3) is 1.28. The van der Waals surface area contributed by atoms with Gasteiger partial charge in [0.05, 0.1) is 7.11 Å². The first kappa shape index (κ1) is 9.07. The third-order valence-corrected chi connectivity index (χ3v) is 3.67. The lowest BCUT2D eigenvalue weighted by Crippen LogP contribution is -2.28. The standard InChI is InChI=1S/C11H18O2/c1-11-6-3-4-8(11)10(13-2)9(12)5-7-11/h9,12H,3-7H2,1-2H3/t9-,11+/m0/s1. The second-order valence-corrected chi connectivity index (χ2v) is 4.52. The van der Waals surface area contributed by atoms with Gasteiger partial charge in [-0.1, -0.05) is 6.92 Å². The molecule has 2 aliphatic carbocycles. The Morgan fingerprint density at radius 2 is 2.23 bits per heavy atom. The Bertz CT molecular complexity index is 244. The molecule has 1 N–H and O–H groups in total. The van der Waals surface area contributed by atoms with Gasteiger partial charge in [0.1, 0.15) is 11.9 Å². The summed E-state index contributed by atoms with van der Waals surface area (Å²) in [5, 5.41) is 9.75. The van der Waals surface area contributed by atoms with Crippen LogP contribution in [-0.4, -0.2) is 18.3 Å². The summed E-state index contributed by atoms with van der Waals surface area (Å²) >= 11 is 0. The lowest BCUT2D eigenvalue weighted by atomic mass is 9.74. The minimum Gasteiger partial charge on any atom is -0.498 e. The van der Waals surface area contributed by atoms with Crippen LogP contribution in [0.2, 0.25) is 0 Å². The molecule has 2 nitrogen and oxygen atoms in total.